The molecule has 6 rings (SSSR count). The van der Waals surface area contributed by atoms with Gasteiger partial charge in [0.25, 0.3) is 11.8 Å². The second kappa shape index (κ2) is 7.85. The topological polar surface area (TPSA) is 92.8 Å². The van der Waals surface area contributed by atoms with Gasteiger partial charge in [-0.2, -0.15) is 0 Å². The van der Waals surface area contributed by atoms with E-state index in [0.29, 0.717) is 33.7 Å². The first-order chi connectivity index (χ1) is 17.0. The molecule has 0 radical (unpaired) electrons. The number of benzene rings is 4. The Morgan fingerprint density at radius 2 is 1.17 bits per heavy atom. The van der Waals surface area contributed by atoms with Crippen LogP contribution in [-0.2, 0) is 4.79 Å². The molecule has 1 aromatic heterocycles. The maximum absolute atomic E-state index is 13.3. The number of hydrogen-bond acceptors (Lipinski definition) is 5. The second-order valence-electron chi connectivity index (χ2n) is 8.21. The Bertz CT molecular complexity index is 1640. The molecule has 5 aromatic rings. The molecule has 0 unspecified atom stereocenters. The number of hydrogen-bond donors (Lipinski definition) is 1. The van der Waals surface area contributed by atoms with Gasteiger partial charge in [0.1, 0.15) is 11.2 Å². The van der Waals surface area contributed by atoms with Crippen molar-refractivity contribution in [1.29, 1.82) is 0 Å². The largest absolute Gasteiger partial charge is 0.453 e. The number of carbonyl (C=O) groups is 3. The van der Waals surface area contributed by atoms with E-state index in [2.05, 4.69) is 5.32 Å². The summed E-state index contributed by atoms with van der Waals surface area (Å²) >= 11 is 0. The van der Waals surface area contributed by atoms with Gasteiger partial charge in [-0.05, 0) is 48.5 Å². The van der Waals surface area contributed by atoms with Crippen molar-refractivity contribution in [2.24, 2.45) is 0 Å². The molecule has 0 aliphatic carbocycles. The maximum Gasteiger partial charge on any atom is 0.266 e. The number of fused-ring (bicyclic) bond motifs is 5. The fourth-order valence-corrected chi connectivity index (χ4v) is 4.33. The SMILES string of the molecule is CC(=O)Nc1ccc(N2C(=O)c3cc4oc5ccccc5c5ccccc5oc4cc3C2=O)cc1. The normalized spacial score (nSPS) is 12.9. The van der Waals surface area contributed by atoms with Gasteiger partial charge < -0.3 is 14.2 Å². The molecule has 1 aliphatic rings. The Hall–Kier alpha value is -4.91. The lowest BCUT2D eigenvalue weighted by atomic mass is 10.1. The summed E-state index contributed by atoms with van der Waals surface area (Å²) in [5.74, 6) is -1.13. The van der Waals surface area contributed by atoms with Crippen molar-refractivity contribution in [3.63, 3.8) is 0 Å². The molecule has 170 valence electrons. The van der Waals surface area contributed by atoms with Crippen molar-refractivity contribution in [1.82, 2.24) is 0 Å². The van der Waals surface area contributed by atoms with Gasteiger partial charge in [0.2, 0.25) is 5.91 Å². The van der Waals surface area contributed by atoms with Crippen LogP contribution < -0.4 is 10.2 Å². The predicted octanol–water partition coefficient (Wildman–Crippen LogP) is 6.22. The van der Waals surface area contributed by atoms with Gasteiger partial charge in [0.05, 0.1) is 16.8 Å². The minimum absolute atomic E-state index is 0.209. The van der Waals surface area contributed by atoms with Crippen molar-refractivity contribution < 1.29 is 23.2 Å². The zero-order chi connectivity index (χ0) is 24.1. The van der Waals surface area contributed by atoms with E-state index >= 15 is 0 Å². The average molecular weight is 462 g/mol. The number of imide groups is 1. The zero-order valence-corrected chi connectivity index (χ0v) is 18.6. The van der Waals surface area contributed by atoms with Crippen molar-refractivity contribution in [2.45, 2.75) is 6.92 Å². The van der Waals surface area contributed by atoms with Crippen LogP contribution in [0.25, 0.3) is 33.1 Å². The lowest BCUT2D eigenvalue weighted by Crippen LogP contribution is -2.29. The molecule has 4 aromatic carbocycles. The average Bonchev–Trinajstić information content (AvgIpc) is 3.08. The summed E-state index contributed by atoms with van der Waals surface area (Å²) in [7, 11) is 0. The van der Waals surface area contributed by atoms with Gasteiger partial charge >= 0.3 is 0 Å². The third-order valence-corrected chi connectivity index (χ3v) is 5.90. The van der Waals surface area contributed by atoms with Crippen molar-refractivity contribution in [3.05, 3.63) is 96.1 Å². The minimum Gasteiger partial charge on any atom is -0.453 e. The van der Waals surface area contributed by atoms with E-state index in [1.807, 2.05) is 48.5 Å². The highest BCUT2D eigenvalue weighted by Gasteiger charge is 2.37. The van der Waals surface area contributed by atoms with Crippen LogP contribution in [0.1, 0.15) is 27.6 Å². The number of nitrogens with one attached hydrogen (secondary N) is 1. The van der Waals surface area contributed by atoms with Crippen LogP contribution in [0.3, 0.4) is 0 Å². The number of nitrogens with zero attached hydrogens (tertiary/aromatic N) is 1. The zero-order valence-electron chi connectivity index (χ0n) is 18.6. The smallest absolute Gasteiger partial charge is 0.266 e. The van der Waals surface area contributed by atoms with E-state index < -0.39 is 11.8 Å². The van der Waals surface area contributed by atoms with E-state index in [4.69, 9.17) is 8.83 Å². The molecule has 7 heteroatoms. The standard InChI is InChI=1S/C28H18N2O5/c1-16(31)29-17-10-12-18(13-11-17)30-27(32)21-14-25-26(15-22(21)28(30)33)35-24-9-5-3-7-20(24)19-6-2-4-8-23(19)34-25/h2-15H,1H3,(H,29,31). The Balaban J connectivity index is 1.54. The molecule has 0 saturated carbocycles. The monoisotopic (exact) mass is 462 g/mol. The predicted molar refractivity (Wildman–Crippen MR) is 133 cm³/mol. The third-order valence-electron chi connectivity index (χ3n) is 5.90. The molecule has 1 aliphatic heterocycles. The van der Waals surface area contributed by atoms with Gasteiger partial charge in [-0.15, -0.1) is 0 Å². The van der Waals surface area contributed by atoms with Gasteiger partial charge in [0, 0.05) is 23.4 Å². The van der Waals surface area contributed by atoms with E-state index in [-0.39, 0.29) is 17.0 Å². The van der Waals surface area contributed by atoms with E-state index in [0.717, 1.165) is 15.7 Å². The van der Waals surface area contributed by atoms with Gasteiger partial charge in [-0.1, -0.05) is 36.4 Å². The van der Waals surface area contributed by atoms with Gasteiger partial charge in [0.15, 0.2) is 11.2 Å². The first-order valence-corrected chi connectivity index (χ1v) is 11.0. The lowest BCUT2D eigenvalue weighted by molar-refractivity contribution is -0.114. The van der Waals surface area contributed by atoms with Crippen LogP contribution in [0.15, 0.2) is 93.8 Å². The fraction of sp³-hybridized carbons (Fsp3) is 0.0357. The third kappa shape index (κ3) is 3.41. The Labute approximate surface area is 198 Å². The number of para-hydroxylation sites is 2. The van der Waals surface area contributed by atoms with Crippen LogP contribution in [0.2, 0.25) is 0 Å². The molecule has 2 heterocycles. The highest BCUT2D eigenvalue weighted by molar-refractivity contribution is 6.35. The fourth-order valence-electron chi connectivity index (χ4n) is 4.33. The van der Waals surface area contributed by atoms with E-state index in [9.17, 15) is 14.4 Å². The first-order valence-electron chi connectivity index (χ1n) is 11.0. The second-order valence-corrected chi connectivity index (χ2v) is 8.21. The first kappa shape index (κ1) is 20.7. The van der Waals surface area contributed by atoms with Gasteiger partial charge in [-0.25, -0.2) is 4.90 Å². The van der Waals surface area contributed by atoms with Crippen LogP contribution in [0, 0.1) is 0 Å². The molecule has 35 heavy (non-hydrogen) atoms. The van der Waals surface area contributed by atoms with Crippen molar-refractivity contribution >= 4 is 62.2 Å². The lowest BCUT2D eigenvalue weighted by Gasteiger charge is -2.14. The van der Waals surface area contributed by atoms with Crippen LogP contribution >= 0.6 is 0 Å². The molecule has 7 nitrogen and oxygen atoms in total. The number of amides is 3. The minimum atomic E-state index is -0.459. The molecule has 0 bridgehead atoms. The molecule has 0 saturated heterocycles. The van der Waals surface area contributed by atoms with Crippen LogP contribution in [-0.4, -0.2) is 17.7 Å². The Kier molecular flexibility index (Phi) is 4.64. The molecule has 1 N–H and O–H groups in total. The summed E-state index contributed by atoms with van der Waals surface area (Å²) < 4.78 is 12.4. The highest BCUT2D eigenvalue weighted by Crippen LogP contribution is 2.34. The van der Waals surface area contributed by atoms with Crippen molar-refractivity contribution in [2.75, 3.05) is 10.2 Å². The number of anilines is 2. The summed E-state index contributed by atoms with van der Waals surface area (Å²) in [4.78, 5) is 39.0. The summed E-state index contributed by atoms with van der Waals surface area (Å²) in [5, 5.41) is 4.38. The summed E-state index contributed by atoms with van der Waals surface area (Å²) in [6.07, 6.45) is 0. The van der Waals surface area contributed by atoms with Crippen molar-refractivity contribution in [3.8, 4) is 0 Å². The molecule has 3 amide bonds. The molecule has 0 fully saturated rings. The summed E-state index contributed by atoms with van der Waals surface area (Å²) in [6, 6.07) is 24.8. The summed E-state index contributed by atoms with van der Waals surface area (Å²) in [5.41, 5.74) is 3.35. The Morgan fingerprint density at radius 1 is 0.686 bits per heavy atom. The highest BCUT2D eigenvalue weighted by atomic mass is 16.4. The number of rotatable bonds is 2. The van der Waals surface area contributed by atoms with Crippen LogP contribution in [0.4, 0.5) is 11.4 Å². The van der Waals surface area contributed by atoms with E-state index in [1.54, 1.807) is 36.4 Å². The molecular weight excluding hydrogens is 444 g/mol. The molecule has 0 spiro atoms. The van der Waals surface area contributed by atoms with E-state index in [1.165, 1.54) is 6.92 Å². The van der Waals surface area contributed by atoms with Gasteiger partial charge in [-0.3, -0.25) is 14.4 Å². The summed E-state index contributed by atoms with van der Waals surface area (Å²) in [6.45, 7) is 1.41. The molecule has 0 atom stereocenters. The molecular formula is C28H18N2O5. The number of carbonyl (C=O) groups excluding carboxylic acids is 3. The Morgan fingerprint density at radius 3 is 1.66 bits per heavy atom. The maximum atomic E-state index is 13.3. The quantitative estimate of drug-likeness (QED) is 0.315. The van der Waals surface area contributed by atoms with Crippen LogP contribution in [0.5, 0.6) is 0 Å².